The average molecular weight is 423 g/mol. The number of ether oxygens (including phenoxy) is 2. The molecule has 0 unspecified atom stereocenters. The summed E-state index contributed by atoms with van der Waals surface area (Å²) in [6.07, 6.45) is -0.970. The van der Waals surface area contributed by atoms with E-state index >= 15 is 0 Å². The van der Waals surface area contributed by atoms with E-state index < -0.39 is 12.2 Å². The molecule has 0 aromatic heterocycles. The number of likely N-dealkylation sites (N-methyl/N-ethyl adjacent to an activating group) is 2. The van der Waals surface area contributed by atoms with Gasteiger partial charge in [0, 0.05) is 24.5 Å². The summed E-state index contributed by atoms with van der Waals surface area (Å²) >= 11 is 0. The molecular formula is C22H38N4O4. The largest absolute Gasteiger partial charge is 0.448 e. The van der Waals surface area contributed by atoms with Gasteiger partial charge in [0.2, 0.25) is 0 Å². The third-order valence-electron chi connectivity index (χ3n) is 5.08. The molecule has 0 bridgehead atoms. The standard InChI is InChI=1S/C22H38N4O4/c1-7-25(8-2)11-13-29-21(27)23-19-15-17(5)20(18(6)16-19)24-22(28)30-14-12-26(9-3)10-4/h15-16H,7-14H2,1-6H3,(H,23,27)(H,24,28). The van der Waals surface area contributed by atoms with Gasteiger partial charge >= 0.3 is 12.2 Å². The van der Waals surface area contributed by atoms with Crippen LogP contribution in [0.25, 0.3) is 0 Å². The number of carbonyl (C=O) groups excluding carboxylic acids is 2. The number of aryl methyl sites for hydroxylation is 2. The molecule has 1 aromatic rings. The smallest absolute Gasteiger partial charge is 0.411 e. The third-order valence-corrected chi connectivity index (χ3v) is 5.08. The second kappa shape index (κ2) is 13.8. The van der Waals surface area contributed by atoms with Gasteiger partial charge in [0.25, 0.3) is 0 Å². The average Bonchev–Trinajstić information content (AvgIpc) is 2.71. The quantitative estimate of drug-likeness (QED) is 0.528. The van der Waals surface area contributed by atoms with Crippen molar-refractivity contribution < 1.29 is 19.1 Å². The molecule has 8 nitrogen and oxygen atoms in total. The van der Waals surface area contributed by atoms with E-state index in [-0.39, 0.29) is 0 Å². The van der Waals surface area contributed by atoms with Crippen LogP contribution in [-0.4, -0.2) is 74.5 Å². The molecule has 2 N–H and O–H groups in total. The van der Waals surface area contributed by atoms with Gasteiger partial charge in [-0.1, -0.05) is 27.7 Å². The normalized spacial score (nSPS) is 10.9. The topological polar surface area (TPSA) is 83.1 Å². The molecule has 0 saturated carbocycles. The highest BCUT2D eigenvalue weighted by Crippen LogP contribution is 2.25. The first-order valence-corrected chi connectivity index (χ1v) is 10.8. The lowest BCUT2D eigenvalue weighted by molar-refractivity contribution is 0.142. The van der Waals surface area contributed by atoms with Crippen molar-refractivity contribution in [2.75, 3.05) is 63.1 Å². The van der Waals surface area contributed by atoms with Gasteiger partial charge in [-0.15, -0.1) is 0 Å². The lowest BCUT2D eigenvalue weighted by Gasteiger charge is -2.19. The lowest BCUT2D eigenvalue weighted by atomic mass is 10.1. The number of anilines is 2. The summed E-state index contributed by atoms with van der Waals surface area (Å²) in [5.74, 6) is 0. The van der Waals surface area contributed by atoms with Gasteiger partial charge in [-0.05, 0) is 63.3 Å². The second-order valence-electron chi connectivity index (χ2n) is 7.06. The molecule has 0 aliphatic heterocycles. The molecule has 0 spiro atoms. The Morgan fingerprint density at radius 3 is 1.57 bits per heavy atom. The van der Waals surface area contributed by atoms with Gasteiger partial charge in [-0.25, -0.2) is 9.59 Å². The molecular weight excluding hydrogens is 384 g/mol. The number of nitrogens with one attached hydrogen (secondary N) is 2. The molecule has 0 atom stereocenters. The lowest BCUT2D eigenvalue weighted by Crippen LogP contribution is -2.29. The number of amides is 2. The van der Waals surface area contributed by atoms with E-state index in [2.05, 4.69) is 48.1 Å². The number of hydrogen-bond acceptors (Lipinski definition) is 6. The first kappa shape index (κ1) is 25.7. The van der Waals surface area contributed by atoms with Gasteiger partial charge < -0.3 is 19.3 Å². The van der Waals surface area contributed by atoms with Crippen LogP contribution in [-0.2, 0) is 9.47 Å². The SMILES string of the molecule is CCN(CC)CCOC(=O)Nc1cc(C)c(NC(=O)OCCN(CC)CC)c(C)c1. The van der Waals surface area contributed by atoms with Crippen molar-refractivity contribution in [3.63, 3.8) is 0 Å². The van der Waals surface area contributed by atoms with Crippen LogP contribution in [0.5, 0.6) is 0 Å². The van der Waals surface area contributed by atoms with Crippen molar-refractivity contribution in [3.8, 4) is 0 Å². The Labute approximate surface area is 180 Å². The van der Waals surface area contributed by atoms with E-state index in [0.717, 1.165) is 37.3 Å². The van der Waals surface area contributed by atoms with Gasteiger partial charge in [-0.3, -0.25) is 10.6 Å². The Morgan fingerprint density at radius 1 is 0.767 bits per heavy atom. The fourth-order valence-corrected chi connectivity index (χ4v) is 3.14. The maximum absolute atomic E-state index is 12.1. The van der Waals surface area contributed by atoms with Crippen molar-refractivity contribution in [2.45, 2.75) is 41.5 Å². The molecule has 2 amide bonds. The van der Waals surface area contributed by atoms with E-state index in [1.807, 2.05) is 13.8 Å². The predicted molar refractivity (Wildman–Crippen MR) is 121 cm³/mol. The monoisotopic (exact) mass is 422 g/mol. The zero-order valence-corrected chi connectivity index (χ0v) is 19.3. The van der Waals surface area contributed by atoms with Crippen LogP contribution in [0.2, 0.25) is 0 Å². The number of benzene rings is 1. The maximum Gasteiger partial charge on any atom is 0.411 e. The van der Waals surface area contributed by atoms with Crippen molar-refractivity contribution >= 4 is 23.6 Å². The molecule has 8 heteroatoms. The van der Waals surface area contributed by atoms with Crippen LogP contribution in [0.15, 0.2) is 12.1 Å². The minimum Gasteiger partial charge on any atom is -0.448 e. The van der Waals surface area contributed by atoms with Crippen LogP contribution in [0, 0.1) is 13.8 Å². The van der Waals surface area contributed by atoms with Crippen LogP contribution in [0.4, 0.5) is 21.0 Å². The van der Waals surface area contributed by atoms with Crippen molar-refractivity contribution in [3.05, 3.63) is 23.3 Å². The van der Waals surface area contributed by atoms with Gasteiger partial charge in [0.05, 0.1) is 0 Å². The Balaban J connectivity index is 2.56. The first-order valence-electron chi connectivity index (χ1n) is 10.8. The maximum atomic E-state index is 12.1. The Kier molecular flexibility index (Phi) is 11.8. The van der Waals surface area contributed by atoms with Gasteiger partial charge in [0.1, 0.15) is 13.2 Å². The highest BCUT2D eigenvalue weighted by Gasteiger charge is 2.12. The van der Waals surface area contributed by atoms with Crippen molar-refractivity contribution in [2.24, 2.45) is 0 Å². The second-order valence-corrected chi connectivity index (χ2v) is 7.06. The zero-order valence-electron chi connectivity index (χ0n) is 19.3. The highest BCUT2D eigenvalue weighted by atomic mass is 16.6. The number of rotatable bonds is 12. The summed E-state index contributed by atoms with van der Waals surface area (Å²) < 4.78 is 10.5. The van der Waals surface area contributed by atoms with E-state index in [1.165, 1.54) is 0 Å². The Bertz CT molecular complexity index is 650. The molecule has 0 radical (unpaired) electrons. The number of carbonyl (C=O) groups is 2. The minimum absolute atomic E-state index is 0.338. The van der Waals surface area contributed by atoms with Gasteiger partial charge in [0.15, 0.2) is 0 Å². The fourth-order valence-electron chi connectivity index (χ4n) is 3.14. The van der Waals surface area contributed by atoms with Crippen LogP contribution >= 0.6 is 0 Å². The van der Waals surface area contributed by atoms with Crippen LogP contribution < -0.4 is 10.6 Å². The predicted octanol–water partition coefficient (Wildman–Crippen LogP) is 4.08. The third kappa shape index (κ3) is 9.00. The van der Waals surface area contributed by atoms with E-state index in [0.29, 0.717) is 37.7 Å². The molecule has 30 heavy (non-hydrogen) atoms. The summed E-state index contributed by atoms with van der Waals surface area (Å²) in [5.41, 5.74) is 2.96. The molecule has 0 aliphatic rings. The molecule has 0 heterocycles. The summed E-state index contributed by atoms with van der Waals surface area (Å²) in [6.45, 7) is 17.8. The molecule has 0 saturated heterocycles. The first-order chi connectivity index (χ1) is 14.3. The summed E-state index contributed by atoms with van der Waals surface area (Å²) in [6, 6.07) is 3.59. The van der Waals surface area contributed by atoms with E-state index in [1.54, 1.807) is 12.1 Å². The van der Waals surface area contributed by atoms with Crippen LogP contribution in [0.1, 0.15) is 38.8 Å². The molecule has 1 aromatic carbocycles. The molecule has 1 rings (SSSR count). The van der Waals surface area contributed by atoms with E-state index in [4.69, 9.17) is 9.47 Å². The summed E-state index contributed by atoms with van der Waals surface area (Å²) in [7, 11) is 0. The number of nitrogens with zero attached hydrogens (tertiary/aromatic N) is 2. The van der Waals surface area contributed by atoms with Crippen molar-refractivity contribution in [1.29, 1.82) is 0 Å². The Morgan fingerprint density at radius 2 is 1.17 bits per heavy atom. The van der Waals surface area contributed by atoms with Crippen molar-refractivity contribution in [1.82, 2.24) is 9.80 Å². The number of hydrogen-bond donors (Lipinski definition) is 2. The van der Waals surface area contributed by atoms with E-state index in [9.17, 15) is 9.59 Å². The highest BCUT2D eigenvalue weighted by molar-refractivity contribution is 5.89. The Hall–Kier alpha value is -2.32. The van der Waals surface area contributed by atoms with Gasteiger partial charge in [-0.2, -0.15) is 0 Å². The van der Waals surface area contributed by atoms with Crippen LogP contribution in [0.3, 0.4) is 0 Å². The minimum atomic E-state index is -0.488. The summed E-state index contributed by atoms with van der Waals surface area (Å²) in [5, 5.41) is 5.54. The zero-order chi connectivity index (χ0) is 22.5. The molecule has 0 fully saturated rings. The molecule has 0 aliphatic carbocycles. The summed E-state index contributed by atoms with van der Waals surface area (Å²) in [4.78, 5) is 28.5. The fraction of sp³-hybridized carbons (Fsp3) is 0.636. The molecule has 170 valence electrons.